The number of amides is 3. The SMILES string of the molecule is Cc1ccc(SC[C@@H](C)NC(=O)N[C@H]2CCCNC2=O)cc1. The highest BCUT2D eigenvalue weighted by atomic mass is 32.2. The van der Waals surface area contributed by atoms with Gasteiger partial charge in [0, 0.05) is 23.2 Å². The number of hydrogen-bond donors (Lipinski definition) is 3. The van der Waals surface area contributed by atoms with Crippen molar-refractivity contribution < 1.29 is 9.59 Å². The number of aryl methyl sites for hydroxylation is 1. The summed E-state index contributed by atoms with van der Waals surface area (Å²) in [4.78, 5) is 24.7. The molecule has 0 radical (unpaired) electrons. The molecular formula is C16H23N3O2S. The fraction of sp³-hybridized carbons (Fsp3) is 0.500. The first-order chi connectivity index (χ1) is 10.5. The molecule has 1 saturated heterocycles. The summed E-state index contributed by atoms with van der Waals surface area (Å²) >= 11 is 1.70. The van der Waals surface area contributed by atoms with Crippen molar-refractivity contribution in [1.82, 2.24) is 16.0 Å². The summed E-state index contributed by atoms with van der Waals surface area (Å²) in [5, 5.41) is 8.37. The minimum absolute atomic E-state index is 0.0259. The first-order valence-electron chi connectivity index (χ1n) is 7.59. The monoisotopic (exact) mass is 321 g/mol. The molecule has 22 heavy (non-hydrogen) atoms. The number of carbonyl (C=O) groups excluding carboxylic acids is 2. The lowest BCUT2D eigenvalue weighted by atomic mass is 10.1. The molecule has 2 rings (SSSR count). The van der Waals surface area contributed by atoms with Crippen molar-refractivity contribution in [3.05, 3.63) is 29.8 Å². The highest BCUT2D eigenvalue weighted by Gasteiger charge is 2.23. The minimum atomic E-state index is -0.411. The van der Waals surface area contributed by atoms with Gasteiger partial charge in [0.15, 0.2) is 0 Å². The van der Waals surface area contributed by atoms with Crippen LogP contribution in [0, 0.1) is 6.92 Å². The van der Waals surface area contributed by atoms with Gasteiger partial charge >= 0.3 is 6.03 Å². The summed E-state index contributed by atoms with van der Waals surface area (Å²) in [5.74, 6) is 0.691. The average Bonchev–Trinajstić information content (AvgIpc) is 2.49. The number of urea groups is 1. The molecule has 1 aliphatic rings. The second-order valence-corrected chi connectivity index (χ2v) is 6.72. The maximum atomic E-state index is 11.9. The second-order valence-electron chi connectivity index (χ2n) is 5.63. The van der Waals surface area contributed by atoms with Crippen molar-refractivity contribution in [1.29, 1.82) is 0 Å². The number of carbonyl (C=O) groups is 2. The maximum Gasteiger partial charge on any atom is 0.315 e. The normalized spacial score (nSPS) is 19.2. The zero-order chi connectivity index (χ0) is 15.9. The third-order valence-electron chi connectivity index (χ3n) is 3.49. The van der Waals surface area contributed by atoms with E-state index in [1.807, 2.05) is 6.92 Å². The van der Waals surface area contributed by atoms with Gasteiger partial charge in [0.05, 0.1) is 0 Å². The van der Waals surface area contributed by atoms with E-state index in [0.717, 1.165) is 12.2 Å². The van der Waals surface area contributed by atoms with Crippen LogP contribution in [-0.4, -0.2) is 36.3 Å². The molecule has 1 aliphatic heterocycles. The highest BCUT2D eigenvalue weighted by molar-refractivity contribution is 7.99. The molecule has 0 aromatic heterocycles. The number of benzene rings is 1. The Morgan fingerprint density at radius 3 is 2.82 bits per heavy atom. The molecule has 1 aromatic rings. The van der Waals surface area contributed by atoms with Gasteiger partial charge < -0.3 is 16.0 Å². The standard InChI is InChI=1S/C16H23N3O2S/c1-11-5-7-13(8-6-11)22-10-12(2)18-16(21)19-14-4-3-9-17-15(14)20/h5-8,12,14H,3-4,9-10H2,1-2H3,(H,17,20)(H2,18,19,21)/t12-,14+/m1/s1. The molecule has 0 spiro atoms. The fourth-order valence-corrected chi connectivity index (χ4v) is 3.09. The minimum Gasteiger partial charge on any atom is -0.354 e. The van der Waals surface area contributed by atoms with Crippen molar-refractivity contribution in [2.45, 2.75) is 43.7 Å². The van der Waals surface area contributed by atoms with Crippen LogP contribution >= 0.6 is 11.8 Å². The van der Waals surface area contributed by atoms with E-state index in [-0.39, 0.29) is 18.0 Å². The number of nitrogens with one attached hydrogen (secondary N) is 3. The molecule has 0 saturated carbocycles. The van der Waals surface area contributed by atoms with Gasteiger partial charge in [0.2, 0.25) is 5.91 Å². The third kappa shape index (κ3) is 5.26. The fourth-order valence-electron chi connectivity index (χ4n) is 2.23. The van der Waals surface area contributed by atoms with E-state index in [2.05, 4.69) is 47.1 Å². The topological polar surface area (TPSA) is 70.2 Å². The van der Waals surface area contributed by atoms with Gasteiger partial charge in [-0.15, -0.1) is 11.8 Å². The number of hydrogen-bond acceptors (Lipinski definition) is 3. The van der Waals surface area contributed by atoms with E-state index < -0.39 is 6.04 Å². The van der Waals surface area contributed by atoms with E-state index in [0.29, 0.717) is 13.0 Å². The molecule has 3 amide bonds. The van der Waals surface area contributed by atoms with Crippen LogP contribution in [0.4, 0.5) is 4.79 Å². The molecule has 1 aromatic carbocycles. The third-order valence-corrected chi connectivity index (χ3v) is 4.76. The van der Waals surface area contributed by atoms with Gasteiger partial charge in [0.1, 0.15) is 6.04 Å². The lowest BCUT2D eigenvalue weighted by Crippen LogP contribution is -2.54. The van der Waals surface area contributed by atoms with Crippen LogP contribution in [0.3, 0.4) is 0 Å². The van der Waals surface area contributed by atoms with Crippen LogP contribution in [0.15, 0.2) is 29.2 Å². The molecule has 0 bridgehead atoms. The first kappa shape index (κ1) is 16.7. The summed E-state index contributed by atoms with van der Waals surface area (Å²) < 4.78 is 0. The largest absolute Gasteiger partial charge is 0.354 e. The van der Waals surface area contributed by atoms with Gasteiger partial charge in [-0.05, 0) is 38.8 Å². The van der Waals surface area contributed by atoms with Crippen LogP contribution in [0.25, 0.3) is 0 Å². The molecule has 0 aliphatic carbocycles. The smallest absolute Gasteiger partial charge is 0.315 e. The molecule has 6 heteroatoms. The molecule has 2 atom stereocenters. The van der Waals surface area contributed by atoms with Crippen molar-refractivity contribution in [3.63, 3.8) is 0 Å². The van der Waals surface area contributed by atoms with Crippen LogP contribution < -0.4 is 16.0 Å². The molecule has 1 heterocycles. The molecular weight excluding hydrogens is 298 g/mol. The number of rotatable bonds is 5. The van der Waals surface area contributed by atoms with Gasteiger partial charge in [-0.25, -0.2) is 4.79 Å². The van der Waals surface area contributed by atoms with Gasteiger partial charge in [-0.1, -0.05) is 17.7 Å². The van der Waals surface area contributed by atoms with Crippen molar-refractivity contribution >= 4 is 23.7 Å². The molecule has 5 nitrogen and oxygen atoms in total. The van der Waals surface area contributed by atoms with Crippen molar-refractivity contribution in [3.8, 4) is 0 Å². The Morgan fingerprint density at radius 1 is 1.41 bits per heavy atom. The zero-order valence-corrected chi connectivity index (χ0v) is 13.8. The van der Waals surface area contributed by atoms with Crippen LogP contribution in [0.1, 0.15) is 25.3 Å². The van der Waals surface area contributed by atoms with Crippen molar-refractivity contribution in [2.24, 2.45) is 0 Å². The van der Waals surface area contributed by atoms with Gasteiger partial charge in [-0.2, -0.15) is 0 Å². The van der Waals surface area contributed by atoms with E-state index in [1.54, 1.807) is 11.8 Å². The predicted octanol–water partition coefficient (Wildman–Crippen LogP) is 2.05. The quantitative estimate of drug-likeness (QED) is 0.727. The Kier molecular flexibility index (Phi) is 6.12. The Balaban J connectivity index is 1.71. The van der Waals surface area contributed by atoms with E-state index >= 15 is 0 Å². The highest BCUT2D eigenvalue weighted by Crippen LogP contribution is 2.19. The predicted molar refractivity (Wildman–Crippen MR) is 89.1 cm³/mol. The maximum absolute atomic E-state index is 11.9. The van der Waals surface area contributed by atoms with Gasteiger partial charge in [-0.3, -0.25) is 4.79 Å². The Bertz CT molecular complexity index is 519. The zero-order valence-electron chi connectivity index (χ0n) is 13.0. The second kappa shape index (κ2) is 8.08. The number of piperidine rings is 1. The summed E-state index contributed by atoms with van der Waals surface area (Å²) in [6.45, 7) is 4.72. The lowest BCUT2D eigenvalue weighted by molar-refractivity contribution is -0.124. The molecule has 0 unspecified atom stereocenters. The van der Waals surface area contributed by atoms with E-state index in [4.69, 9.17) is 0 Å². The Hall–Kier alpha value is -1.69. The van der Waals surface area contributed by atoms with Crippen LogP contribution in [0.5, 0.6) is 0 Å². The van der Waals surface area contributed by atoms with E-state index in [1.165, 1.54) is 10.5 Å². The summed E-state index contributed by atoms with van der Waals surface area (Å²) in [7, 11) is 0. The Morgan fingerprint density at radius 2 is 2.14 bits per heavy atom. The van der Waals surface area contributed by atoms with Crippen molar-refractivity contribution in [2.75, 3.05) is 12.3 Å². The van der Waals surface area contributed by atoms with Gasteiger partial charge in [0.25, 0.3) is 0 Å². The van der Waals surface area contributed by atoms with Crippen LogP contribution in [0.2, 0.25) is 0 Å². The summed E-state index contributed by atoms with van der Waals surface area (Å²) in [5.41, 5.74) is 1.24. The average molecular weight is 321 g/mol. The molecule has 3 N–H and O–H groups in total. The summed E-state index contributed by atoms with van der Waals surface area (Å²) in [6, 6.07) is 7.66. The number of thioether (sulfide) groups is 1. The molecule has 120 valence electrons. The molecule has 1 fully saturated rings. The van der Waals surface area contributed by atoms with E-state index in [9.17, 15) is 9.59 Å². The summed E-state index contributed by atoms with van der Waals surface area (Å²) in [6.07, 6.45) is 1.60. The lowest BCUT2D eigenvalue weighted by Gasteiger charge is -2.24. The van der Waals surface area contributed by atoms with Crippen LogP contribution in [-0.2, 0) is 4.79 Å². The Labute approximate surface area is 135 Å². The first-order valence-corrected chi connectivity index (χ1v) is 8.57.